The van der Waals surface area contributed by atoms with Gasteiger partial charge in [0.1, 0.15) is 16.5 Å². The van der Waals surface area contributed by atoms with Crippen LogP contribution in [-0.2, 0) is 21.7 Å². The summed E-state index contributed by atoms with van der Waals surface area (Å²) in [6.07, 6.45) is 3.09. The van der Waals surface area contributed by atoms with Gasteiger partial charge in [-0.25, -0.2) is 27.6 Å². The minimum Gasteiger partial charge on any atom is -0.445 e. The third kappa shape index (κ3) is 5.71. The molecule has 2 heterocycles. The number of halogens is 1. The first-order chi connectivity index (χ1) is 14.8. The molecule has 11 heteroatoms. The molecule has 0 atom stereocenters. The number of aromatic nitrogens is 2. The van der Waals surface area contributed by atoms with Gasteiger partial charge in [-0.15, -0.1) is 0 Å². The van der Waals surface area contributed by atoms with Gasteiger partial charge >= 0.3 is 6.03 Å². The van der Waals surface area contributed by atoms with Crippen LogP contribution in [-0.4, -0.2) is 37.2 Å². The summed E-state index contributed by atoms with van der Waals surface area (Å²) in [5.74, 6) is 0.497. The molecule has 3 rings (SSSR count). The standard InChI is InChI=1S/C21H25FN4O4S2/c1-12-18(13-6-7-15(14(22)10-13)32(5,28)29)31-20(25-12)26-19(27)23-9-8-17-24-11-16(30-17)21(2,3)4/h6-7,10-11H,8-9H2,1-5H3,(H2,23,25,26,27). The van der Waals surface area contributed by atoms with Crippen molar-refractivity contribution in [1.29, 1.82) is 0 Å². The number of thiazole rings is 1. The van der Waals surface area contributed by atoms with E-state index in [0.29, 0.717) is 40.1 Å². The highest BCUT2D eigenvalue weighted by molar-refractivity contribution is 7.90. The number of hydrogen-bond donors (Lipinski definition) is 2. The van der Waals surface area contributed by atoms with Crippen LogP contribution in [0.3, 0.4) is 0 Å². The monoisotopic (exact) mass is 480 g/mol. The lowest BCUT2D eigenvalue weighted by Crippen LogP contribution is -2.30. The largest absolute Gasteiger partial charge is 0.445 e. The number of amides is 2. The van der Waals surface area contributed by atoms with Crippen molar-refractivity contribution in [3.8, 4) is 10.4 Å². The Labute approximate surface area is 190 Å². The van der Waals surface area contributed by atoms with Gasteiger partial charge in [0.05, 0.1) is 16.8 Å². The summed E-state index contributed by atoms with van der Waals surface area (Å²) in [5.41, 5.74) is 0.938. The van der Waals surface area contributed by atoms with E-state index in [1.165, 1.54) is 23.5 Å². The van der Waals surface area contributed by atoms with Crippen molar-refractivity contribution >= 4 is 32.3 Å². The molecule has 32 heavy (non-hydrogen) atoms. The SMILES string of the molecule is Cc1nc(NC(=O)NCCc2ncc(C(C)(C)C)o2)sc1-c1ccc(S(C)(=O)=O)c(F)c1. The van der Waals surface area contributed by atoms with Crippen LogP contribution >= 0.6 is 11.3 Å². The summed E-state index contributed by atoms with van der Waals surface area (Å²) in [6, 6.07) is 3.47. The van der Waals surface area contributed by atoms with Crippen molar-refractivity contribution in [1.82, 2.24) is 15.3 Å². The first kappa shape index (κ1) is 23.9. The van der Waals surface area contributed by atoms with Gasteiger partial charge in [-0.2, -0.15) is 0 Å². The Morgan fingerprint density at radius 1 is 1.28 bits per heavy atom. The molecule has 1 aromatic carbocycles. The average molecular weight is 481 g/mol. The fourth-order valence-electron chi connectivity index (χ4n) is 2.86. The quantitative estimate of drug-likeness (QED) is 0.543. The zero-order chi connectivity index (χ0) is 23.7. The molecule has 172 valence electrons. The third-order valence-corrected chi connectivity index (χ3v) is 6.78. The fourth-order valence-corrected chi connectivity index (χ4v) is 4.54. The van der Waals surface area contributed by atoms with Crippen molar-refractivity contribution in [3.05, 3.63) is 47.6 Å². The molecule has 3 aromatic rings. The Hall–Kier alpha value is -2.79. The number of rotatable bonds is 6. The molecular weight excluding hydrogens is 455 g/mol. The van der Waals surface area contributed by atoms with E-state index in [0.717, 1.165) is 18.1 Å². The number of benzene rings is 1. The number of oxazole rings is 1. The first-order valence-corrected chi connectivity index (χ1v) is 12.5. The Morgan fingerprint density at radius 2 is 2.00 bits per heavy atom. The van der Waals surface area contributed by atoms with Gasteiger partial charge in [-0.3, -0.25) is 5.32 Å². The lowest BCUT2D eigenvalue weighted by Gasteiger charge is -2.13. The molecule has 2 amide bonds. The first-order valence-electron chi connectivity index (χ1n) is 9.82. The molecule has 2 N–H and O–H groups in total. The number of urea groups is 1. The Bertz CT molecular complexity index is 1240. The Kier molecular flexibility index (Phi) is 6.70. The summed E-state index contributed by atoms with van der Waals surface area (Å²) >= 11 is 1.17. The molecule has 0 aliphatic rings. The zero-order valence-electron chi connectivity index (χ0n) is 18.4. The Balaban J connectivity index is 1.61. The van der Waals surface area contributed by atoms with Gasteiger partial charge in [-0.1, -0.05) is 38.2 Å². The number of anilines is 1. The second kappa shape index (κ2) is 8.99. The number of carbonyl (C=O) groups is 1. The van der Waals surface area contributed by atoms with Gasteiger partial charge in [0, 0.05) is 24.6 Å². The number of sulfone groups is 1. The molecule has 8 nitrogen and oxygen atoms in total. The minimum absolute atomic E-state index is 0.134. The molecule has 0 saturated carbocycles. The van der Waals surface area contributed by atoms with E-state index in [1.807, 2.05) is 20.8 Å². The van der Waals surface area contributed by atoms with Crippen LogP contribution < -0.4 is 10.6 Å². The van der Waals surface area contributed by atoms with Crippen molar-refractivity contribution in [2.24, 2.45) is 0 Å². The lowest BCUT2D eigenvalue weighted by molar-refractivity contribution is 0.252. The normalized spacial score (nSPS) is 12.1. The third-order valence-electron chi connectivity index (χ3n) is 4.53. The highest BCUT2D eigenvalue weighted by Crippen LogP contribution is 2.34. The average Bonchev–Trinajstić information content (AvgIpc) is 3.27. The fraction of sp³-hybridized carbons (Fsp3) is 0.381. The van der Waals surface area contributed by atoms with E-state index in [-0.39, 0.29) is 10.3 Å². The molecule has 0 bridgehead atoms. The van der Waals surface area contributed by atoms with Gasteiger partial charge in [-0.05, 0) is 24.6 Å². The van der Waals surface area contributed by atoms with Crippen LogP contribution in [0.5, 0.6) is 0 Å². The van der Waals surface area contributed by atoms with Crippen molar-refractivity contribution in [2.45, 2.75) is 44.4 Å². The summed E-state index contributed by atoms with van der Waals surface area (Å²) < 4.78 is 43.1. The molecule has 0 fully saturated rings. The summed E-state index contributed by atoms with van der Waals surface area (Å²) in [6.45, 7) is 8.14. The molecular formula is C21H25FN4O4S2. The molecule has 0 unspecified atom stereocenters. The summed E-state index contributed by atoms with van der Waals surface area (Å²) in [7, 11) is -3.65. The number of nitrogens with one attached hydrogen (secondary N) is 2. The number of aryl methyl sites for hydroxylation is 1. The predicted octanol–water partition coefficient (Wildman–Crippen LogP) is 4.31. The maximum absolute atomic E-state index is 14.2. The van der Waals surface area contributed by atoms with Crippen LogP contribution in [0.4, 0.5) is 14.3 Å². The van der Waals surface area contributed by atoms with Gasteiger partial charge in [0.25, 0.3) is 0 Å². The van der Waals surface area contributed by atoms with Crippen molar-refractivity contribution < 1.29 is 22.0 Å². The summed E-state index contributed by atoms with van der Waals surface area (Å²) in [5, 5.41) is 5.72. The van der Waals surface area contributed by atoms with Crippen LogP contribution in [0.2, 0.25) is 0 Å². The molecule has 0 saturated heterocycles. The van der Waals surface area contributed by atoms with E-state index in [2.05, 4.69) is 20.6 Å². The van der Waals surface area contributed by atoms with E-state index in [4.69, 9.17) is 4.42 Å². The highest BCUT2D eigenvalue weighted by Gasteiger charge is 2.20. The lowest BCUT2D eigenvalue weighted by atomic mass is 9.94. The predicted molar refractivity (Wildman–Crippen MR) is 121 cm³/mol. The van der Waals surface area contributed by atoms with Gasteiger partial charge in [0.2, 0.25) is 0 Å². The van der Waals surface area contributed by atoms with Crippen LogP contribution in [0, 0.1) is 12.7 Å². The van der Waals surface area contributed by atoms with Crippen molar-refractivity contribution in [2.75, 3.05) is 18.1 Å². The second-order valence-electron chi connectivity index (χ2n) is 8.35. The molecule has 0 aliphatic heterocycles. The van der Waals surface area contributed by atoms with E-state index in [1.54, 1.807) is 13.1 Å². The van der Waals surface area contributed by atoms with Crippen molar-refractivity contribution in [3.63, 3.8) is 0 Å². The van der Waals surface area contributed by atoms with Crippen LogP contribution in [0.1, 0.15) is 38.1 Å². The molecule has 2 aromatic heterocycles. The molecule has 0 radical (unpaired) electrons. The number of nitrogens with zero attached hydrogens (tertiary/aromatic N) is 2. The molecule has 0 spiro atoms. The maximum atomic E-state index is 14.2. The Morgan fingerprint density at radius 3 is 2.59 bits per heavy atom. The smallest absolute Gasteiger partial charge is 0.321 e. The van der Waals surface area contributed by atoms with Crippen LogP contribution in [0.25, 0.3) is 10.4 Å². The van der Waals surface area contributed by atoms with Gasteiger partial charge in [0.15, 0.2) is 20.9 Å². The zero-order valence-corrected chi connectivity index (χ0v) is 20.1. The molecule has 0 aliphatic carbocycles. The van der Waals surface area contributed by atoms with E-state index < -0.39 is 21.7 Å². The second-order valence-corrected chi connectivity index (χ2v) is 11.3. The minimum atomic E-state index is -3.65. The number of hydrogen-bond acceptors (Lipinski definition) is 7. The maximum Gasteiger partial charge on any atom is 0.321 e. The summed E-state index contributed by atoms with van der Waals surface area (Å²) in [4.78, 5) is 21.0. The highest BCUT2D eigenvalue weighted by atomic mass is 32.2. The van der Waals surface area contributed by atoms with Crippen LogP contribution in [0.15, 0.2) is 33.7 Å². The van der Waals surface area contributed by atoms with Gasteiger partial charge < -0.3 is 9.73 Å². The van der Waals surface area contributed by atoms with E-state index >= 15 is 0 Å². The van der Waals surface area contributed by atoms with E-state index in [9.17, 15) is 17.6 Å². The topological polar surface area (TPSA) is 114 Å². The number of carbonyl (C=O) groups excluding carboxylic acids is 1.